The number of carbonyl (C=O) groups excluding carboxylic acids is 1. The Morgan fingerprint density at radius 1 is 1.09 bits per heavy atom. The number of carboxylic acids is 1. The van der Waals surface area contributed by atoms with Crippen LogP contribution in [0.2, 0.25) is 5.02 Å². The molecule has 1 heterocycles. The van der Waals surface area contributed by atoms with E-state index in [0.29, 0.717) is 44.6 Å². The Balaban J connectivity index is 1.55. The summed E-state index contributed by atoms with van der Waals surface area (Å²) in [5, 5.41) is 9.92. The van der Waals surface area contributed by atoms with E-state index in [0.717, 1.165) is 22.9 Å². The van der Waals surface area contributed by atoms with Crippen LogP contribution in [-0.2, 0) is 11.4 Å². The summed E-state index contributed by atoms with van der Waals surface area (Å²) in [4.78, 5) is 26.2. The number of hydrogen-bond donors (Lipinski definition) is 1. The summed E-state index contributed by atoms with van der Waals surface area (Å²) in [7, 11) is 0. The number of carboxylic acid groups (broad SMARTS) is 1. The molecule has 0 spiro atoms. The third kappa shape index (κ3) is 5.85. The van der Waals surface area contributed by atoms with Crippen LogP contribution in [0.5, 0.6) is 11.5 Å². The Hall–Kier alpha value is -3.33. The second kappa shape index (κ2) is 10.9. The molecule has 1 fully saturated rings. The van der Waals surface area contributed by atoms with Crippen LogP contribution in [0.4, 0.5) is 5.69 Å². The van der Waals surface area contributed by atoms with E-state index in [2.05, 4.69) is 0 Å². The number of nitrogens with zero attached hydrogens (tertiary/aromatic N) is 1. The lowest BCUT2D eigenvalue weighted by Crippen LogP contribution is -2.27. The molecule has 0 bridgehead atoms. The molecule has 1 aliphatic heterocycles. The fourth-order valence-corrected chi connectivity index (χ4v) is 4.79. The van der Waals surface area contributed by atoms with Crippen molar-refractivity contribution in [1.82, 2.24) is 0 Å². The minimum atomic E-state index is -1.07. The molecule has 0 saturated carbocycles. The molecule has 9 heteroatoms. The molecule has 3 aromatic rings. The summed E-state index contributed by atoms with van der Waals surface area (Å²) in [6.07, 6.45) is 1.73. The Morgan fingerprint density at radius 2 is 1.86 bits per heavy atom. The van der Waals surface area contributed by atoms with Gasteiger partial charge in [0, 0.05) is 5.02 Å². The summed E-state index contributed by atoms with van der Waals surface area (Å²) in [5.41, 5.74) is 2.21. The second-order valence-corrected chi connectivity index (χ2v) is 9.54. The molecule has 4 rings (SSSR count). The summed E-state index contributed by atoms with van der Waals surface area (Å²) in [6, 6.07) is 19.0. The smallest absolute Gasteiger partial charge is 0.335 e. The first kappa shape index (κ1) is 24.8. The van der Waals surface area contributed by atoms with Gasteiger partial charge in [0.2, 0.25) is 0 Å². The highest BCUT2D eigenvalue weighted by molar-refractivity contribution is 8.27. The zero-order chi connectivity index (χ0) is 24.9. The largest absolute Gasteiger partial charge is 0.490 e. The molecule has 0 aromatic heterocycles. The van der Waals surface area contributed by atoms with E-state index in [9.17, 15) is 14.7 Å². The quantitative estimate of drug-likeness (QED) is 0.268. The highest BCUT2D eigenvalue weighted by Crippen LogP contribution is 2.37. The topological polar surface area (TPSA) is 76.1 Å². The lowest BCUT2D eigenvalue weighted by atomic mass is 10.1. The van der Waals surface area contributed by atoms with Gasteiger partial charge in [-0.05, 0) is 66.6 Å². The number of thioether (sulfide) groups is 1. The van der Waals surface area contributed by atoms with E-state index in [4.69, 9.17) is 33.3 Å². The summed E-state index contributed by atoms with van der Waals surface area (Å²) >= 11 is 12.5. The number of benzene rings is 3. The molecule has 1 N–H and O–H groups in total. The molecule has 1 saturated heterocycles. The highest BCUT2D eigenvalue weighted by Gasteiger charge is 2.33. The molecule has 3 aromatic carbocycles. The van der Waals surface area contributed by atoms with E-state index >= 15 is 0 Å². The maximum atomic E-state index is 13.1. The SMILES string of the molecule is CCOc1cc(/C=C2/SC(=S)N(c3cccc(C(=O)O)c3)C2=O)ccc1OCc1ccc(Cl)cc1. The normalized spacial score (nSPS) is 14.5. The number of amides is 1. The van der Waals surface area contributed by atoms with Crippen LogP contribution < -0.4 is 14.4 Å². The van der Waals surface area contributed by atoms with E-state index < -0.39 is 5.97 Å². The molecular weight excluding hydrogens is 506 g/mol. The molecular formula is C26H20ClNO5S2. The number of hydrogen-bond acceptors (Lipinski definition) is 6. The standard InChI is InChI=1S/C26H20ClNO5S2/c1-2-32-22-12-17(8-11-21(22)33-15-16-6-9-19(27)10-7-16)13-23-24(29)28(26(34)35-23)20-5-3-4-18(14-20)25(30)31/h3-14H,2,15H2,1H3,(H,30,31)/b23-13+. The minimum absolute atomic E-state index is 0.0797. The number of ether oxygens (including phenoxy) is 2. The molecule has 35 heavy (non-hydrogen) atoms. The molecule has 6 nitrogen and oxygen atoms in total. The Kier molecular flexibility index (Phi) is 7.75. The van der Waals surface area contributed by atoms with E-state index in [1.54, 1.807) is 42.5 Å². The van der Waals surface area contributed by atoms with E-state index in [1.807, 2.05) is 25.1 Å². The van der Waals surface area contributed by atoms with Gasteiger partial charge in [0.05, 0.1) is 22.8 Å². The maximum absolute atomic E-state index is 13.1. The van der Waals surface area contributed by atoms with Gasteiger partial charge < -0.3 is 14.6 Å². The van der Waals surface area contributed by atoms with Gasteiger partial charge in [-0.2, -0.15) is 0 Å². The molecule has 0 atom stereocenters. The van der Waals surface area contributed by atoms with Gasteiger partial charge in [-0.1, -0.05) is 59.8 Å². The first-order valence-electron chi connectivity index (χ1n) is 10.6. The van der Waals surface area contributed by atoms with Crippen molar-refractivity contribution in [3.8, 4) is 11.5 Å². The number of carbonyl (C=O) groups is 2. The first-order valence-corrected chi connectivity index (χ1v) is 12.2. The Bertz CT molecular complexity index is 1320. The summed E-state index contributed by atoms with van der Waals surface area (Å²) < 4.78 is 12.0. The van der Waals surface area contributed by atoms with Crippen LogP contribution >= 0.6 is 35.6 Å². The van der Waals surface area contributed by atoms with Crippen LogP contribution in [0.3, 0.4) is 0 Å². The average molecular weight is 526 g/mol. The molecule has 0 unspecified atom stereocenters. The van der Waals surface area contributed by atoms with E-state index in [-0.39, 0.29) is 11.5 Å². The van der Waals surface area contributed by atoms with Crippen LogP contribution in [0.25, 0.3) is 6.08 Å². The van der Waals surface area contributed by atoms with Gasteiger partial charge in [0.15, 0.2) is 15.8 Å². The lowest BCUT2D eigenvalue weighted by molar-refractivity contribution is -0.113. The van der Waals surface area contributed by atoms with Gasteiger partial charge in [-0.3, -0.25) is 9.69 Å². The first-order chi connectivity index (χ1) is 16.9. The highest BCUT2D eigenvalue weighted by atomic mass is 35.5. The monoisotopic (exact) mass is 525 g/mol. The van der Waals surface area contributed by atoms with Crippen molar-refractivity contribution >= 4 is 63.5 Å². The van der Waals surface area contributed by atoms with Gasteiger partial charge in [-0.15, -0.1) is 0 Å². The predicted octanol–water partition coefficient (Wildman–Crippen LogP) is 6.42. The number of anilines is 1. The Morgan fingerprint density at radius 3 is 2.57 bits per heavy atom. The van der Waals surface area contributed by atoms with Crippen molar-refractivity contribution in [3.63, 3.8) is 0 Å². The summed E-state index contributed by atoms with van der Waals surface area (Å²) in [6.45, 7) is 2.68. The summed E-state index contributed by atoms with van der Waals surface area (Å²) in [5.74, 6) is -0.255. The van der Waals surface area contributed by atoms with Crippen molar-refractivity contribution < 1.29 is 24.2 Å². The molecule has 178 valence electrons. The lowest BCUT2D eigenvalue weighted by Gasteiger charge is -2.15. The molecule has 0 radical (unpaired) electrons. The van der Waals surface area contributed by atoms with Gasteiger partial charge >= 0.3 is 5.97 Å². The second-order valence-electron chi connectivity index (χ2n) is 7.43. The van der Waals surface area contributed by atoms with E-state index in [1.165, 1.54) is 17.0 Å². The zero-order valence-electron chi connectivity index (χ0n) is 18.6. The minimum Gasteiger partial charge on any atom is -0.490 e. The number of halogens is 1. The van der Waals surface area contributed by atoms with Crippen LogP contribution in [0.1, 0.15) is 28.4 Å². The fourth-order valence-electron chi connectivity index (χ4n) is 3.36. The van der Waals surface area contributed by atoms with Crippen molar-refractivity contribution in [2.45, 2.75) is 13.5 Å². The third-order valence-electron chi connectivity index (χ3n) is 5.02. The van der Waals surface area contributed by atoms with Crippen molar-refractivity contribution in [1.29, 1.82) is 0 Å². The fraction of sp³-hybridized carbons (Fsp3) is 0.115. The third-order valence-corrected chi connectivity index (χ3v) is 6.57. The van der Waals surface area contributed by atoms with Crippen molar-refractivity contribution in [2.75, 3.05) is 11.5 Å². The molecule has 1 amide bonds. The maximum Gasteiger partial charge on any atom is 0.335 e. The number of thiocarbonyl (C=S) groups is 1. The molecule has 0 aliphatic carbocycles. The van der Waals surface area contributed by atoms with Crippen LogP contribution in [0, 0.1) is 0 Å². The van der Waals surface area contributed by atoms with Gasteiger partial charge in [0.1, 0.15) is 6.61 Å². The zero-order valence-corrected chi connectivity index (χ0v) is 21.0. The predicted molar refractivity (Wildman–Crippen MR) is 142 cm³/mol. The van der Waals surface area contributed by atoms with Crippen molar-refractivity contribution in [2.24, 2.45) is 0 Å². The average Bonchev–Trinajstić information content (AvgIpc) is 3.12. The van der Waals surface area contributed by atoms with Crippen LogP contribution in [-0.4, -0.2) is 27.9 Å². The number of aromatic carboxylic acids is 1. The van der Waals surface area contributed by atoms with Crippen LogP contribution in [0.15, 0.2) is 71.6 Å². The van der Waals surface area contributed by atoms with Gasteiger partial charge in [0.25, 0.3) is 5.91 Å². The number of rotatable bonds is 8. The van der Waals surface area contributed by atoms with Crippen molar-refractivity contribution in [3.05, 3.63) is 93.3 Å². The van der Waals surface area contributed by atoms with Gasteiger partial charge in [-0.25, -0.2) is 4.79 Å². The Labute approximate surface area is 217 Å². The molecule has 1 aliphatic rings.